The van der Waals surface area contributed by atoms with Crippen molar-refractivity contribution in [2.75, 3.05) is 6.54 Å². The van der Waals surface area contributed by atoms with Gasteiger partial charge in [0.05, 0.1) is 24.7 Å². The summed E-state index contributed by atoms with van der Waals surface area (Å²) in [5.41, 5.74) is 7.57. The molecule has 0 aliphatic carbocycles. The fourth-order valence-corrected chi connectivity index (χ4v) is 2.33. The third-order valence-electron chi connectivity index (χ3n) is 3.72. The summed E-state index contributed by atoms with van der Waals surface area (Å²) in [6.45, 7) is 2.89. The molecular formula is C19H23N3O3. The Morgan fingerprint density at radius 2 is 1.88 bits per heavy atom. The van der Waals surface area contributed by atoms with Crippen molar-refractivity contribution in [3.05, 3.63) is 66.0 Å². The Bertz CT molecular complexity index is 677. The van der Waals surface area contributed by atoms with Gasteiger partial charge in [0.2, 0.25) is 5.91 Å². The van der Waals surface area contributed by atoms with Crippen LogP contribution in [0.5, 0.6) is 0 Å². The van der Waals surface area contributed by atoms with Crippen molar-refractivity contribution >= 4 is 11.9 Å². The van der Waals surface area contributed by atoms with E-state index in [1.54, 1.807) is 11.1 Å². The minimum absolute atomic E-state index is 0.148. The quantitative estimate of drug-likeness (QED) is 0.741. The van der Waals surface area contributed by atoms with E-state index in [0.717, 1.165) is 11.3 Å². The number of hydrogen-bond acceptors (Lipinski definition) is 5. The number of esters is 1. The molecule has 1 atom stereocenters. The minimum Gasteiger partial charge on any atom is -0.461 e. The van der Waals surface area contributed by atoms with Gasteiger partial charge in [0.25, 0.3) is 0 Å². The van der Waals surface area contributed by atoms with Gasteiger partial charge < -0.3 is 15.4 Å². The minimum atomic E-state index is -0.924. The first-order chi connectivity index (χ1) is 12.1. The van der Waals surface area contributed by atoms with Gasteiger partial charge in [-0.15, -0.1) is 0 Å². The summed E-state index contributed by atoms with van der Waals surface area (Å²) in [6.07, 6.45) is 1.53. The van der Waals surface area contributed by atoms with Crippen LogP contribution in [-0.2, 0) is 27.5 Å². The highest BCUT2D eigenvalue weighted by molar-refractivity contribution is 5.86. The van der Waals surface area contributed by atoms with Crippen LogP contribution in [0.4, 0.5) is 0 Å². The summed E-state index contributed by atoms with van der Waals surface area (Å²) in [4.78, 5) is 30.2. The lowest BCUT2D eigenvalue weighted by atomic mass is 10.2. The summed E-state index contributed by atoms with van der Waals surface area (Å²) in [7, 11) is 0. The molecule has 1 aromatic heterocycles. The maximum Gasteiger partial charge on any atom is 0.308 e. The number of carbonyl (C=O) groups is 2. The molecule has 2 rings (SSSR count). The van der Waals surface area contributed by atoms with Gasteiger partial charge in [-0.3, -0.25) is 14.6 Å². The largest absolute Gasteiger partial charge is 0.461 e. The molecule has 0 spiro atoms. The van der Waals surface area contributed by atoms with Crippen molar-refractivity contribution in [1.29, 1.82) is 0 Å². The van der Waals surface area contributed by atoms with Crippen LogP contribution in [0.25, 0.3) is 0 Å². The van der Waals surface area contributed by atoms with Crippen molar-refractivity contribution in [3.63, 3.8) is 0 Å². The summed E-state index contributed by atoms with van der Waals surface area (Å²) in [5, 5.41) is 0. The highest BCUT2D eigenvalue weighted by Gasteiger charge is 2.23. The highest BCUT2D eigenvalue weighted by Crippen LogP contribution is 2.07. The molecule has 0 aliphatic heterocycles. The van der Waals surface area contributed by atoms with Gasteiger partial charge in [-0.2, -0.15) is 0 Å². The molecule has 2 N–H and O–H groups in total. The number of carbonyl (C=O) groups excluding carboxylic acids is 2. The normalized spacial score (nSPS) is 11.6. The van der Waals surface area contributed by atoms with E-state index in [0.29, 0.717) is 13.1 Å². The Morgan fingerprint density at radius 1 is 1.16 bits per heavy atom. The number of amides is 1. The van der Waals surface area contributed by atoms with Crippen molar-refractivity contribution in [2.24, 2.45) is 5.73 Å². The summed E-state index contributed by atoms with van der Waals surface area (Å²) in [5.74, 6) is -0.775. The standard InChI is InChI=1S/C19H23N3O3/c1-2-22(13-16-10-6-7-11-21-16)19(24)17(20)12-18(23)25-14-15-8-4-3-5-9-15/h3-11,17H,2,12-14,20H2,1H3/t17-/m0/s1. The van der Waals surface area contributed by atoms with Gasteiger partial charge >= 0.3 is 5.97 Å². The van der Waals surface area contributed by atoms with Crippen molar-refractivity contribution < 1.29 is 14.3 Å². The molecule has 1 heterocycles. The molecule has 0 radical (unpaired) electrons. The summed E-state index contributed by atoms with van der Waals surface area (Å²) in [6, 6.07) is 14.0. The topological polar surface area (TPSA) is 85.5 Å². The molecule has 1 aromatic carbocycles. The number of nitrogens with two attached hydrogens (primary N) is 1. The van der Waals surface area contributed by atoms with Crippen LogP contribution in [0.2, 0.25) is 0 Å². The second kappa shape index (κ2) is 9.54. The third-order valence-corrected chi connectivity index (χ3v) is 3.72. The molecule has 0 unspecified atom stereocenters. The molecule has 2 aromatic rings. The first kappa shape index (κ1) is 18.6. The first-order valence-electron chi connectivity index (χ1n) is 8.24. The molecule has 6 heteroatoms. The van der Waals surface area contributed by atoms with Gasteiger partial charge in [0, 0.05) is 12.7 Å². The fraction of sp³-hybridized carbons (Fsp3) is 0.316. The second-order valence-electron chi connectivity index (χ2n) is 5.63. The van der Waals surface area contributed by atoms with Gasteiger partial charge in [0.15, 0.2) is 0 Å². The zero-order valence-electron chi connectivity index (χ0n) is 14.3. The number of pyridine rings is 1. The van der Waals surface area contributed by atoms with Gasteiger partial charge in [0.1, 0.15) is 6.61 Å². The molecule has 6 nitrogen and oxygen atoms in total. The molecule has 1 amide bonds. The van der Waals surface area contributed by atoms with Crippen LogP contribution in [0.1, 0.15) is 24.6 Å². The molecule has 0 saturated carbocycles. The van der Waals surface area contributed by atoms with E-state index in [1.807, 2.05) is 55.5 Å². The number of nitrogens with zero attached hydrogens (tertiary/aromatic N) is 2. The van der Waals surface area contributed by atoms with E-state index in [2.05, 4.69) is 4.98 Å². The van der Waals surface area contributed by atoms with Crippen LogP contribution in [0.15, 0.2) is 54.7 Å². The number of hydrogen-bond donors (Lipinski definition) is 1. The monoisotopic (exact) mass is 341 g/mol. The number of benzene rings is 1. The Labute approximate surface area is 147 Å². The molecular weight excluding hydrogens is 318 g/mol. The fourth-order valence-electron chi connectivity index (χ4n) is 2.33. The number of likely N-dealkylation sites (N-methyl/N-ethyl adjacent to an activating group) is 1. The van der Waals surface area contributed by atoms with E-state index in [4.69, 9.17) is 10.5 Å². The Hall–Kier alpha value is -2.73. The molecule has 25 heavy (non-hydrogen) atoms. The predicted octanol–water partition coefficient (Wildman–Crippen LogP) is 1.89. The maximum absolute atomic E-state index is 12.5. The maximum atomic E-state index is 12.5. The number of ether oxygens (including phenoxy) is 1. The second-order valence-corrected chi connectivity index (χ2v) is 5.63. The third kappa shape index (κ3) is 6.00. The van der Waals surface area contributed by atoms with Crippen LogP contribution >= 0.6 is 0 Å². The smallest absolute Gasteiger partial charge is 0.308 e. The Morgan fingerprint density at radius 3 is 2.52 bits per heavy atom. The van der Waals surface area contributed by atoms with E-state index >= 15 is 0 Å². The van der Waals surface area contributed by atoms with Crippen molar-refractivity contribution in [1.82, 2.24) is 9.88 Å². The SMILES string of the molecule is CCN(Cc1ccccn1)C(=O)[C@@H](N)CC(=O)OCc1ccccc1. The first-order valence-corrected chi connectivity index (χ1v) is 8.24. The zero-order chi connectivity index (χ0) is 18.1. The van der Waals surface area contributed by atoms with Gasteiger partial charge in [-0.05, 0) is 24.6 Å². The molecule has 0 saturated heterocycles. The molecule has 0 fully saturated rings. The highest BCUT2D eigenvalue weighted by atomic mass is 16.5. The number of rotatable bonds is 8. The van der Waals surface area contributed by atoms with Crippen molar-refractivity contribution in [3.8, 4) is 0 Å². The lowest BCUT2D eigenvalue weighted by Crippen LogP contribution is -2.44. The number of aromatic nitrogens is 1. The van der Waals surface area contributed by atoms with Crippen LogP contribution in [0.3, 0.4) is 0 Å². The Kier molecular flexibility index (Phi) is 7.10. The van der Waals surface area contributed by atoms with E-state index in [1.165, 1.54) is 0 Å². The summed E-state index contributed by atoms with van der Waals surface area (Å²) >= 11 is 0. The van der Waals surface area contributed by atoms with E-state index < -0.39 is 12.0 Å². The Balaban J connectivity index is 1.84. The van der Waals surface area contributed by atoms with E-state index in [9.17, 15) is 9.59 Å². The van der Waals surface area contributed by atoms with Crippen LogP contribution in [0, 0.1) is 0 Å². The van der Waals surface area contributed by atoms with Crippen LogP contribution < -0.4 is 5.73 Å². The van der Waals surface area contributed by atoms with E-state index in [-0.39, 0.29) is 18.9 Å². The average Bonchev–Trinajstić information content (AvgIpc) is 2.65. The van der Waals surface area contributed by atoms with Gasteiger partial charge in [-0.25, -0.2) is 0 Å². The van der Waals surface area contributed by atoms with Gasteiger partial charge in [-0.1, -0.05) is 36.4 Å². The van der Waals surface area contributed by atoms with Crippen LogP contribution in [-0.4, -0.2) is 34.3 Å². The lowest BCUT2D eigenvalue weighted by molar-refractivity contribution is -0.148. The summed E-state index contributed by atoms with van der Waals surface area (Å²) < 4.78 is 5.18. The molecule has 0 bridgehead atoms. The zero-order valence-corrected chi connectivity index (χ0v) is 14.3. The lowest BCUT2D eigenvalue weighted by Gasteiger charge is -2.23. The predicted molar refractivity (Wildman–Crippen MR) is 94.2 cm³/mol. The average molecular weight is 341 g/mol. The molecule has 0 aliphatic rings. The molecule has 132 valence electrons. The van der Waals surface area contributed by atoms with Crippen molar-refractivity contribution in [2.45, 2.75) is 32.5 Å².